The number of methoxy groups -OCH3 is 1. The minimum Gasteiger partial charge on any atom is -0.469 e. The largest absolute Gasteiger partial charge is 0.469 e. The van der Waals surface area contributed by atoms with E-state index in [4.69, 9.17) is 22.3 Å². The number of hydrogen-bond acceptors (Lipinski definition) is 5. The SMILES string of the molecule is COC(=O)C1CNCc2ccccc21.O=S(=O)(O)O. The van der Waals surface area contributed by atoms with Gasteiger partial charge in [-0.15, -0.1) is 0 Å². The molecule has 1 aromatic carbocycles. The molecule has 0 spiro atoms. The number of benzene rings is 1. The molecular weight excluding hydrogens is 274 g/mol. The Balaban J connectivity index is 0.000000312. The third-order valence-corrected chi connectivity index (χ3v) is 2.58. The molecular formula is C11H15NO6S. The van der Waals surface area contributed by atoms with Crippen molar-refractivity contribution in [2.45, 2.75) is 12.5 Å². The van der Waals surface area contributed by atoms with E-state index in [1.165, 1.54) is 12.7 Å². The lowest BCUT2D eigenvalue weighted by molar-refractivity contribution is -0.142. The van der Waals surface area contributed by atoms with E-state index in [9.17, 15) is 4.79 Å². The van der Waals surface area contributed by atoms with E-state index in [-0.39, 0.29) is 11.9 Å². The second-order valence-electron chi connectivity index (χ2n) is 3.85. The predicted octanol–water partition coefficient (Wildman–Crippen LogP) is 0.394. The topological polar surface area (TPSA) is 113 Å². The van der Waals surface area contributed by atoms with E-state index in [2.05, 4.69) is 5.32 Å². The Kier molecular flexibility index (Phi) is 5.43. The zero-order valence-corrected chi connectivity index (χ0v) is 11.1. The summed E-state index contributed by atoms with van der Waals surface area (Å²) in [6.07, 6.45) is 0. The van der Waals surface area contributed by atoms with Gasteiger partial charge in [-0.2, -0.15) is 8.42 Å². The van der Waals surface area contributed by atoms with Crippen LogP contribution in [-0.4, -0.2) is 37.1 Å². The molecule has 106 valence electrons. The second kappa shape index (κ2) is 6.62. The molecule has 1 heterocycles. The van der Waals surface area contributed by atoms with Crippen LogP contribution in [0.1, 0.15) is 17.0 Å². The van der Waals surface area contributed by atoms with Gasteiger partial charge in [0.25, 0.3) is 0 Å². The first-order valence-electron chi connectivity index (χ1n) is 5.39. The first-order chi connectivity index (χ1) is 8.83. The van der Waals surface area contributed by atoms with E-state index in [0.29, 0.717) is 6.54 Å². The number of ether oxygens (including phenoxy) is 1. The molecule has 3 N–H and O–H groups in total. The van der Waals surface area contributed by atoms with Crippen LogP contribution in [0, 0.1) is 0 Å². The molecule has 19 heavy (non-hydrogen) atoms. The maximum atomic E-state index is 11.5. The van der Waals surface area contributed by atoms with Crippen LogP contribution in [0.5, 0.6) is 0 Å². The van der Waals surface area contributed by atoms with Gasteiger partial charge in [0.1, 0.15) is 0 Å². The van der Waals surface area contributed by atoms with E-state index >= 15 is 0 Å². The maximum Gasteiger partial charge on any atom is 0.394 e. The fourth-order valence-electron chi connectivity index (χ4n) is 1.85. The van der Waals surface area contributed by atoms with Crippen molar-refractivity contribution in [3.8, 4) is 0 Å². The zero-order chi connectivity index (χ0) is 14.5. The van der Waals surface area contributed by atoms with Crippen molar-refractivity contribution in [2.75, 3.05) is 13.7 Å². The smallest absolute Gasteiger partial charge is 0.394 e. The highest BCUT2D eigenvalue weighted by molar-refractivity contribution is 7.79. The average molecular weight is 289 g/mol. The van der Waals surface area contributed by atoms with Gasteiger partial charge in [-0.25, -0.2) is 0 Å². The highest BCUT2D eigenvalue weighted by atomic mass is 32.3. The molecule has 2 rings (SSSR count). The van der Waals surface area contributed by atoms with Gasteiger partial charge in [-0.1, -0.05) is 24.3 Å². The highest BCUT2D eigenvalue weighted by Crippen LogP contribution is 2.24. The van der Waals surface area contributed by atoms with Crippen LogP contribution in [0.2, 0.25) is 0 Å². The number of carbonyl (C=O) groups excluding carboxylic acids is 1. The molecule has 7 nitrogen and oxygen atoms in total. The summed E-state index contributed by atoms with van der Waals surface area (Å²) in [5, 5.41) is 3.21. The minimum absolute atomic E-state index is 0.148. The Morgan fingerprint density at radius 2 is 1.95 bits per heavy atom. The Labute approximate surface area is 111 Å². The third-order valence-electron chi connectivity index (χ3n) is 2.58. The van der Waals surface area contributed by atoms with Crippen LogP contribution in [0.4, 0.5) is 0 Å². The molecule has 0 fully saturated rings. The fraction of sp³-hybridized carbons (Fsp3) is 0.364. The Morgan fingerprint density at radius 1 is 1.37 bits per heavy atom. The molecule has 1 aromatic rings. The number of esters is 1. The number of fused-ring (bicyclic) bond motifs is 1. The van der Waals surface area contributed by atoms with E-state index < -0.39 is 10.4 Å². The third kappa shape index (κ3) is 5.35. The average Bonchev–Trinajstić information content (AvgIpc) is 2.35. The summed E-state index contributed by atoms with van der Waals surface area (Å²) < 4.78 is 36.4. The van der Waals surface area contributed by atoms with Crippen molar-refractivity contribution >= 4 is 16.4 Å². The molecule has 0 bridgehead atoms. The first-order valence-corrected chi connectivity index (χ1v) is 6.79. The number of hydrogen-bond donors (Lipinski definition) is 3. The van der Waals surface area contributed by atoms with Crippen LogP contribution in [0.15, 0.2) is 24.3 Å². The molecule has 0 saturated heterocycles. The summed E-state index contributed by atoms with van der Waals surface area (Å²) in [7, 11) is -3.24. The van der Waals surface area contributed by atoms with Gasteiger partial charge in [0, 0.05) is 13.1 Å². The summed E-state index contributed by atoms with van der Waals surface area (Å²) in [4.78, 5) is 11.5. The molecule has 0 saturated carbocycles. The van der Waals surface area contributed by atoms with Gasteiger partial charge in [-0.3, -0.25) is 13.9 Å². The lowest BCUT2D eigenvalue weighted by Gasteiger charge is -2.24. The fourth-order valence-corrected chi connectivity index (χ4v) is 1.85. The van der Waals surface area contributed by atoms with Crippen LogP contribution in [0.3, 0.4) is 0 Å². The molecule has 1 aliphatic rings. The standard InChI is InChI=1S/C11H13NO2.H2O4S/c1-14-11(13)10-7-12-6-8-4-2-3-5-9(8)10;1-5(2,3)4/h2-5,10,12H,6-7H2,1H3;(H2,1,2,3,4). The Bertz CT molecular complexity index is 534. The molecule has 0 radical (unpaired) electrons. The van der Waals surface area contributed by atoms with Crippen molar-refractivity contribution in [2.24, 2.45) is 0 Å². The number of nitrogens with one attached hydrogen (secondary N) is 1. The monoisotopic (exact) mass is 289 g/mol. The number of rotatable bonds is 1. The summed E-state index contributed by atoms with van der Waals surface area (Å²) in [6, 6.07) is 7.98. The molecule has 8 heteroatoms. The zero-order valence-electron chi connectivity index (χ0n) is 10.2. The molecule has 0 aliphatic carbocycles. The van der Waals surface area contributed by atoms with Crippen molar-refractivity contribution in [3.05, 3.63) is 35.4 Å². The van der Waals surface area contributed by atoms with E-state index in [0.717, 1.165) is 12.1 Å². The lowest BCUT2D eigenvalue weighted by Crippen LogP contribution is -2.33. The van der Waals surface area contributed by atoms with Crippen molar-refractivity contribution in [3.63, 3.8) is 0 Å². The number of carbonyl (C=O) groups is 1. The summed E-state index contributed by atoms with van der Waals surface area (Å²) >= 11 is 0. The minimum atomic E-state index is -4.67. The Hall–Kier alpha value is -1.48. The van der Waals surface area contributed by atoms with Crippen LogP contribution >= 0.6 is 0 Å². The predicted molar refractivity (Wildman–Crippen MR) is 67.1 cm³/mol. The normalized spacial score (nSPS) is 17.7. The molecule has 1 aliphatic heterocycles. The van der Waals surface area contributed by atoms with Gasteiger partial charge in [-0.05, 0) is 11.1 Å². The molecule has 1 unspecified atom stereocenters. The lowest BCUT2D eigenvalue weighted by atomic mass is 9.91. The van der Waals surface area contributed by atoms with Crippen molar-refractivity contribution in [1.29, 1.82) is 0 Å². The summed E-state index contributed by atoms with van der Waals surface area (Å²) in [6.45, 7) is 1.51. The van der Waals surface area contributed by atoms with Gasteiger partial charge in [0.15, 0.2) is 0 Å². The quantitative estimate of drug-likeness (QED) is 0.506. The van der Waals surface area contributed by atoms with Gasteiger partial charge >= 0.3 is 16.4 Å². The summed E-state index contributed by atoms with van der Waals surface area (Å²) in [5.74, 6) is -0.311. The van der Waals surface area contributed by atoms with Gasteiger partial charge in [0.05, 0.1) is 13.0 Å². The Morgan fingerprint density at radius 3 is 2.53 bits per heavy atom. The first kappa shape index (κ1) is 15.6. The molecule has 0 aromatic heterocycles. The maximum absolute atomic E-state index is 11.5. The molecule has 1 atom stereocenters. The van der Waals surface area contributed by atoms with Crippen LogP contribution in [0.25, 0.3) is 0 Å². The van der Waals surface area contributed by atoms with Gasteiger partial charge < -0.3 is 10.1 Å². The van der Waals surface area contributed by atoms with Crippen LogP contribution in [-0.2, 0) is 26.5 Å². The summed E-state index contributed by atoms with van der Waals surface area (Å²) in [5.41, 5.74) is 2.28. The van der Waals surface area contributed by atoms with Crippen molar-refractivity contribution < 1.29 is 27.1 Å². The van der Waals surface area contributed by atoms with Gasteiger partial charge in [0.2, 0.25) is 0 Å². The second-order valence-corrected chi connectivity index (χ2v) is 4.75. The van der Waals surface area contributed by atoms with Crippen LogP contribution < -0.4 is 5.32 Å². The molecule has 0 amide bonds. The van der Waals surface area contributed by atoms with E-state index in [1.54, 1.807) is 0 Å². The van der Waals surface area contributed by atoms with E-state index in [1.807, 2.05) is 24.3 Å². The highest BCUT2D eigenvalue weighted by Gasteiger charge is 2.26. The van der Waals surface area contributed by atoms with Crippen molar-refractivity contribution in [1.82, 2.24) is 5.32 Å².